The lowest BCUT2D eigenvalue weighted by Crippen LogP contribution is -2.31. The number of hydrogen-bond acceptors (Lipinski definition) is 3. The first-order chi connectivity index (χ1) is 8.65. The van der Waals surface area contributed by atoms with E-state index in [1.165, 1.54) is 0 Å². The van der Waals surface area contributed by atoms with Crippen LogP contribution in [-0.2, 0) is 0 Å². The van der Waals surface area contributed by atoms with Gasteiger partial charge in [0.15, 0.2) is 0 Å². The Balaban J connectivity index is 2.36. The van der Waals surface area contributed by atoms with E-state index in [9.17, 15) is 0 Å². The Hall–Kier alpha value is -1.22. The molecular formula is C15H25NO2. The van der Waals surface area contributed by atoms with Crippen LogP contribution in [0.15, 0.2) is 24.3 Å². The van der Waals surface area contributed by atoms with E-state index < -0.39 is 0 Å². The van der Waals surface area contributed by atoms with Gasteiger partial charge in [-0.05, 0) is 57.5 Å². The summed E-state index contributed by atoms with van der Waals surface area (Å²) in [5, 5.41) is 3.47. The van der Waals surface area contributed by atoms with Gasteiger partial charge in [0.25, 0.3) is 0 Å². The van der Waals surface area contributed by atoms with E-state index in [1.54, 1.807) is 7.11 Å². The second-order valence-corrected chi connectivity index (χ2v) is 4.69. The minimum Gasteiger partial charge on any atom is -0.497 e. The predicted octanol–water partition coefficient (Wildman–Crippen LogP) is 3.24. The quantitative estimate of drug-likeness (QED) is 0.769. The molecule has 102 valence electrons. The SMILES string of the molecule is CCCNC(C)CC(C)Oc1ccc(OC)cc1. The van der Waals surface area contributed by atoms with E-state index in [4.69, 9.17) is 9.47 Å². The molecule has 0 radical (unpaired) electrons. The van der Waals surface area contributed by atoms with Crippen molar-refractivity contribution in [3.8, 4) is 11.5 Å². The van der Waals surface area contributed by atoms with Crippen LogP contribution in [0.2, 0.25) is 0 Å². The summed E-state index contributed by atoms with van der Waals surface area (Å²) in [4.78, 5) is 0. The molecule has 3 nitrogen and oxygen atoms in total. The van der Waals surface area contributed by atoms with Gasteiger partial charge in [-0.1, -0.05) is 6.92 Å². The van der Waals surface area contributed by atoms with Crippen LogP contribution in [0.5, 0.6) is 11.5 Å². The molecule has 0 bridgehead atoms. The normalized spacial score (nSPS) is 14.0. The Bertz CT molecular complexity index is 324. The standard InChI is InChI=1S/C15H25NO2/c1-5-10-16-12(2)11-13(3)18-15-8-6-14(17-4)7-9-15/h6-9,12-13,16H,5,10-11H2,1-4H3. The van der Waals surface area contributed by atoms with Crippen molar-refractivity contribution < 1.29 is 9.47 Å². The van der Waals surface area contributed by atoms with Crippen LogP contribution in [0.1, 0.15) is 33.6 Å². The molecule has 0 aliphatic carbocycles. The second kappa shape index (κ2) is 7.98. The molecule has 2 unspecified atom stereocenters. The lowest BCUT2D eigenvalue weighted by molar-refractivity contribution is 0.196. The first-order valence-electron chi connectivity index (χ1n) is 6.69. The topological polar surface area (TPSA) is 30.5 Å². The molecule has 18 heavy (non-hydrogen) atoms. The average molecular weight is 251 g/mol. The van der Waals surface area contributed by atoms with Crippen LogP contribution in [0.25, 0.3) is 0 Å². The van der Waals surface area contributed by atoms with Crippen LogP contribution >= 0.6 is 0 Å². The highest BCUT2D eigenvalue weighted by atomic mass is 16.5. The molecular weight excluding hydrogens is 226 g/mol. The number of methoxy groups -OCH3 is 1. The van der Waals surface area contributed by atoms with Crippen molar-refractivity contribution >= 4 is 0 Å². The molecule has 0 heterocycles. The van der Waals surface area contributed by atoms with Gasteiger partial charge in [-0.3, -0.25) is 0 Å². The molecule has 1 aromatic rings. The fourth-order valence-electron chi connectivity index (χ4n) is 1.91. The second-order valence-electron chi connectivity index (χ2n) is 4.69. The van der Waals surface area contributed by atoms with Crippen LogP contribution < -0.4 is 14.8 Å². The summed E-state index contributed by atoms with van der Waals surface area (Å²) in [7, 11) is 1.67. The van der Waals surface area contributed by atoms with Crippen molar-refractivity contribution in [2.75, 3.05) is 13.7 Å². The summed E-state index contributed by atoms with van der Waals surface area (Å²) in [6.07, 6.45) is 2.38. The van der Waals surface area contributed by atoms with E-state index >= 15 is 0 Å². The third-order valence-electron chi connectivity index (χ3n) is 2.82. The third-order valence-corrected chi connectivity index (χ3v) is 2.82. The zero-order valence-corrected chi connectivity index (χ0v) is 11.9. The molecule has 0 amide bonds. The molecule has 2 atom stereocenters. The van der Waals surface area contributed by atoms with Crippen LogP contribution in [-0.4, -0.2) is 25.8 Å². The molecule has 1 aromatic carbocycles. The summed E-state index contributed by atoms with van der Waals surface area (Å²) in [5.41, 5.74) is 0. The summed E-state index contributed by atoms with van der Waals surface area (Å²) >= 11 is 0. The molecule has 0 aliphatic rings. The number of ether oxygens (including phenoxy) is 2. The Morgan fingerprint density at radius 1 is 1.11 bits per heavy atom. The highest BCUT2D eigenvalue weighted by molar-refractivity contribution is 5.31. The largest absolute Gasteiger partial charge is 0.497 e. The van der Waals surface area contributed by atoms with Crippen molar-refractivity contribution in [2.24, 2.45) is 0 Å². The molecule has 3 heteroatoms. The Morgan fingerprint density at radius 2 is 1.72 bits per heavy atom. The Labute approximate surface area is 110 Å². The fraction of sp³-hybridized carbons (Fsp3) is 0.600. The minimum atomic E-state index is 0.206. The smallest absolute Gasteiger partial charge is 0.119 e. The van der Waals surface area contributed by atoms with Crippen molar-refractivity contribution in [1.29, 1.82) is 0 Å². The molecule has 1 N–H and O–H groups in total. The highest BCUT2D eigenvalue weighted by Gasteiger charge is 2.09. The van der Waals surface area contributed by atoms with Crippen LogP contribution in [0, 0.1) is 0 Å². The van der Waals surface area contributed by atoms with Gasteiger partial charge in [0.05, 0.1) is 13.2 Å². The molecule has 0 fully saturated rings. The van der Waals surface area contributed by atoms with Crippen molar-refractivity contribution in [1.82, 2.24) is 5.32 Å². The van der Waals surface area contributed by atoms with E-state index in [2.05, 4.69) is 26.1 Å². The summed E-state index contributed by atoms with van der Waals surface area (Å²) in [6.45, 7) is 7.55. The van der Waals surface area contributed by atoms with Crippen LogP contribution in [0.4, 0.5) is 0 Å². The van der Waals surface area contributed by atoms with E-state index in [1.807, 2.05) is 24.3 Å². The van der Waals surface area contributed by atoms with Gasteiger partial charge < -0.3 is 14.8 Å². The number of nitrogens with one attached hydrogen (secondary N) is 1. The lowest BCUT2D eigenvalue weighted by atomic mass is 10.1. The number of benzene rings is 1. The molecule has 0 aromatic heterocycles. The van der Waals surface area contributed by atoms with Gasteiger partial charge >= 0.3 is 0 Å². The molecule has 1 rings (SSSR count). The summed E-state index contributed by atoms with van der Waals surface area (Å²) in [6, 6.07) is 8.21. The lowest BCUT2D eigenvalue weighted by Gasteiger charge is -2.20. The maximum atomic E-state index is 5.87. The van der Waals surface area contributed by atoms with Crippen LogP contribution in [0.3, 0.4) is 0 Å². The first kappa shape index (κ1) is 14.8. The van der Waals surface area contributed by atoms with E-state index in [0.29, 0.717) is 6.04 Å². The first-order valence-corrected chi connectivity index (χ1v) is 6.69. The van der Waals surface area contributed by atoms with E-state index in [-0.39, 0.29) is 6.10 Å². The predicted molar refractivity (Wildman–Crippen MR) is 75.5 cm³/mol. The highest BCUT2D eigenvalue weighted by Crippen LogP contribution is 2.19. The van der Waals surface area contributed by atoms with Gasteiger partial charge in [-0.15, -0.1) is 0 Å². The van der Waals surface area contributed by atoms with Gasteiger partial charge in [-0.2, -0.15) is 0 Å². The van der Waals surface area contributed by atoms with Crippen molar-refractivity contribution in [2.45, 2.75) is 45.8 Å². The molecule has 0 spiro atoms. The number of hydrogen-bond donors (Lipinski definition) is 1. The zero-order valence-electron chi connectivity index (χ0n) is 11.9. The minimum absolute atomic E-state index is 0.206. The van der Waals surface area contributed by atoms with Gasteiger partial charge in [0.2, 0.25) is 0 Å². The van der Waals surface area contributed by atoms with E-state index in [0.717, 1.165) is 30.9 Å². The average Bonchev–Trinajstić information content (AvgIpc) is 2.37. The third kappa shape index (κ3) is 5.41. The molecule has 0 saturated heterocycles. The molecule has 0 aliphatic heterocycles. The maximum Gasteiger partial charge on any atom is 0.119 e. The monoisotopic (exact) mass is 251 g/mol. The molecule has 0 saturated carbocycles. The van der Waals surface area contributed by atoms with Gasteiger partial charge in [0.1, 0.15) is 11.5 Å². The summed E-state index contributed by atoms with van der Waals surface area (Å²) in [5.74, 6) is 1.75. The fourth-order valence-corrected chi connectivity index (χ4v) is 1.91. The maximum absolute atomic E-state index is 5.87. The zero-order chi connectivity index (χ0) is 13.4. The van der Waals surface area contributed by atoms with Gasteiger partial charge in [-0.25, -0.2) is 0 Å². The number of rotatable bonds is 8. The Kier molecular flexibility index (Phi) is 6.58. The summed E-state index contributed by atoms with van der Waals surface area (Å²) < 4.78 is 11.0. The Morgan fingerprint density at radius 3 is 2.28 bits per heavy atom. The van der Waals surface area contributed by atoms with Gasteiger partial charge in [0, 0.05) is 6.04 Å². The van der Waals surface area contributed by atoms with Crippen molar-refractivity contribution in [3.63, 3.8) is 0 Å². The van der Waals surface area contributed by atoms with Crippen molar-refractivity contribution in [3.05, 3.63) is 24.3 Å².